The van der Waals surface area contributed by atoms with E-state index >= 15 is 0 Å². The number of para-hydroxylation sites is 1. The van der Waals surface area contributed by atoms with Crippen molar-refractivity contribution in [3.8, 4) is 17.2 Å². The van der Waals surface area contributed by atoms with E-state index in [9.17, 15) is 4.79 Å². The maximum Gasteiger partial charge on any atom is 0.249 e. The number of aromatic nitrogens is 3. The molecule has 1 aromatic heterocycles. The summed E-state index contributed by atoms with van der Waals surface area (Å²) < 4.78 is 18.5. The highest BCUT2D eigenvalue weighted by molar-refractivity contribution is 14.1. The summed E-state index contributed by atoms with van der Waals surface area (Å²) in [7, 11) is 4.71. The van der Waals surface area contributed by atoms with Gasteiger partial charge in [0.15, 0.2) is 11.5 Å². The highest BCUT2D eigenvalue weighted by Crippen LogP contribution is 2.42. The van der Waals surface area contributed by atoms with Gasteiger partial charge in [-0.1, -0.05) is 17.3 Å². The third kappa shape index (κ3) is 3.33. The van der Waals surface area contributed by atoms with Crippen molar-refractivity contribution in [2.75, 3.05) is 21.3 Å². The summed E-state index contributed by atoms with van der Waals surface area (Å²) in [5.74, 6) is 1.58. The maximum absolute atomic E-state index is 12.6. The van der Waals surface area contributed by atoms with Crippen molar-refractivity contribution in [1.29, 1.82) is 0 Å². The molecule has 0 aliphatic rings. The quantitative estimate of drug-likeness (QED) is 0.518. The Balaban J connectivity index is 1.86. The molecule has 0 atom stereocenters. The van der Waals surface area contributed by atoms with E-state index in [2.05, 4.69) is 32.9 Å². The normalized spacial score (nSPS) is 10.8. The first-order valence-corrected chi connectivity index (χ1v) is 8.99. The minimum Gasteiger partial charge on any atom is -0.493 e. The van der Waals surface area contributed by atoms with Gasteiger partial charge in [0.25, 0.3) is 0 Å². The number of carbonyl (C=O) groups is 1. The number of ether oxygens (including phenoxy) is 3. The topological polar surface area (TPSA) is 75.5 Å². The molecule has 0 N–H and O–H groups in total. The van der Waals surface area contributed by atoms with E-state index < -0.39 is 0 Å². The van der Waals surface area contributed by atoms with Gasteiger partial charge in [-0.3, -0.25) is 4.79 Å². The number of methoxy groups -OCH3 is 3. The van der Waals surface area contributed by atoms with Crippen LogP contribution in [0, 0.1) is 3.57 Å². The Hall–Kier alpha value is -2.36. The Kier molecular flexibility index (Phi) is 5.60. The molecule has 0 amide bonds. The Labute approximate surface area is 164 Å². The zero-order valence-corrected chi connectivity index (χ0v) is 16.8. The fourth-order valence-electron chi connectivity index (χ4n) is 2.75. The van der Waals surface area contributed by atoms with Crippen LogP contribution in [0.4, 0.5) is 0 Å². The average molecular weight is 467 g/mol. The lowest BCUT2D eigenvalue weighted by atomic mass is 10.1. The largest absolute Gasteiger partial charge is 0.493 e. The Morgan fingerprint density at radius 3 is 2.54 bits per heavy atom. The van der Waals surface area contributed by atoms with Crippen LogP contribution in [0.3, 0.4) is 0 Å². The molecule has 0 unspecified atom stereocenters. The van der Waals surface area contributed by atoms with E-state index in [1.54, 1.807) is 21.3 Å². The predicted octanol–water partition coefficient (Wildman–Crippen LogP) is 3.33. The third-order valence-corrected chi connectivity index (χ3v) is 5.22. The number of benzene rings is 2. The minimum atomic E-state index is -0.122. The summed E-state index contributed by atoms with van der Waals surface area (Å²) in [5, 5.41) is 7.99. The molecular weight excluding hydrogens is 449 g/mol. The zero-order valence-electron chi connectivity index (χ0n) is 14.7. The Morgan fingerprint density at radius 1 is 1.12 bits per heavy atom. The van der Waals surface area contributed by atoms with Gasteiger partial charge in [-0.05, 0) is 52.8 Å². The van der Waals surface area contributed by atoms with E-state index in [1.807, 2.05) is 30.3 Å². The molecule has 0 bridgehead atoms. The first kappa shape index (κ1) is 18.4. The first-order valence-electron chi connectivity index (χ1n) is 7.91. The minimum absolute atomic E-state index is 0.122. The summed E-state index contributed by atoms with van der Waals surface area (Å²) in [4.78, 5) is 12.6. The summed E-state index contributed by atoms with van der Waals surface area (Å²) >= 11 is 2.19. The van der Waals surface area contributed by atoms with Gasteiger partial charge in [-0.2, -0.15) is 4.68 Å². The summed E-state index contributed by atoms with van der Waals surface area (Å²) in [6, 6.07) is 9.25. The van der Waals surface area contributed by atoms with Crippen molar-refractivity contribution in [2.45, 2.75) is 12.8 Å². The lowest BCUT2D eigenvalue weighted by Gasteiger charge is -2.16. The summed E-state index contributed by atoms with van der Waals surface area (Å²) in [5.41, 5.74) is 2.35. The van der Waals surface area contributed by atoms with Gasteiger partial charge in [0, 0.05) is 6.42 Å². The van der Waals surface area contributed by atoms with E-state index in [4.69, 9.17) is 14.2 Å². The molecule has 3 aromatic rings. The first-order chi connectivity index (χ1) is 12.6. The molecule has 0 spiro atoms. The van der Waals surface area contributed by atoms with Gasteiger partial charge in [0.2, 0.25) is 11.7 Å². The van der Waals surface area contributed by atoms with Gasteiger partial charge in [0.1, 0.15) is 5.52 Å². The highest BCUT2D eigenvalue weighted by Gasteiger charge is 2.20. The second-order valence-electron chi connectivity index (χ2n) is 5.50. The lowest BCUT2D eigenvalue weighted by molar-refractivity contribution is 0.0890. The molecule has 0 saturated heterocycles. The zero-order chi connectivity index (χ0) is 18.7. The molecule has 8 heteroatoms. The van der Waals surface area contributed by atoms with Crippen molar-refractivity contribution >= 4 is 39.5 Å². The van der Waals surface area contributed by atoms with E-state index in [0.717, 1.165) is 9.13 Å². The summed E-state index contributed by atoms with van der Waals surface area (Å²) in [6.07, 6.45) is 0.796. The van der Waals surface area contributed by atoms with Crippen molar-refractivity contribution < 1.29 is 19.0 Å². The van der Waals surface area contributed by atoms with E-state index in [0.29, 0.717) is 34.7 Å². The number of rotatable bonds is 6. The maximum atomic E-state index is 12.6. The second-order valence-corrected chi connectivity index (χ2v) is 6.58. The number of carbonyl (C=O) groups excluding carboxylic acids is 1. The lowest BCUT2D eigenvalue weighted by Crippen LogP contribution is -2.13. The van der Waals surface area contributed by atoms with Crippen molar-refractivity contribution in [3.05, 3.63) is 39.5 Å². The number of hydrogen-bond acceptors (Lipinski definition) is 6. The van der Waals surface area contributed by atoms with Crippen molar-refractivity contribution in [2.24, 2.45) is 0 Å². The van der Waals surface area contributed by atoms with Crippen LogP contribution in [0.1, 0.15) is 16.8 Å². The molecule has 7 nitrogen and oxygen atoms in total. The van der Waals surface area contributed by atoms with E-state index in [1.165, 1.54) is 4.68 Å². The van der Waals surface area contributed by atoms with Crippen LogP contribution in [0.15, 0.2) is 30.3 Å². The third-order valence-electron chi connectivity index (χ3n) is 4.04. The second kappa shape index (κ2) is 7.90. The fourth-order valence-corrected chi connectivity index (χ4v) is 3.64. The molecule has 136 valence electrons. The van der Waals surface area contributed by atoms with Crippen LogP contribution >= 0.6 is 22.6 Å². The number of fused-ring (bicyclic) bond motifs is 1. The number of nitrogens with zero attached hydrogens (tertiary/aromatic N) is 3. The smallest absolute Gasteiger partial charge is 0.249 e. The number of hydrogen-bond donors (Lipinski definition) is 0. The van der Waals surface area contributed by atoms with Gasteiger partial charge >= 0.3 is 0 Å². The van der Waals surface area contributed by atoms with Crippen LogP contribution in [0.25, 0.3) is 11.0 Å². The van der Waals surface area contributed by atoms with Gasteiger partial charge in [-0.25, -0.2) is 0 Å². The number of aryl methyl sites for hydroxylation is 1. The molecule has 26 heavy (non-hydrogen) atoms. The summed E-state index contributed by atoms with van der Waals surface area (Å²) in [6.45, 7) is 0. The molecule has 1 heterocycles. The van der Waals surface area contributed by atoms with Gasteiger partial charge in [-0.15, -0.1) is 5.10 Å². The molecule has 0 radical (unpaired) electrons. The fraction of sp³-hybridized carbons (Fsp3) is 0.278. The van der Waals surface area contributed by atoms with E-state index in [-0.39, 0.29) is 12.3 Å². The predicted molar refractivity (Wildman–Crippen MR) is 105 cm³/mol. The standard InChI is InChI=1S/C18H18IN3O4/c1-24-14-10-11(16(19)18(26-3)17(14)25-2)8-9-15(23)22-13-7-5-4-6-12(13)20-21-22/h4-7,10H,8-9H2,1-3H3. The highest BCUT2D eigenvalue weighted by atomic mass is 127. The molecule has 2 aromatic carbocycles. The van der Waals surface area contributed by atoms with Crippen molar-refractivity contribution in [3.63, 3.8) is 0 Å². The Bertz CT molecular complexity index is 955. The van der Waals surface area contributed by atoms with Gasteiger partial charge in [0.05, 0.1) is 30.4 Å². The molecule has 0 fully saturated rings. The number of halogens is 1. The van der Waals surface area contributed by atoms with Crippen LogP contribution in [0.5, 0.6) is 17.2 Å². The van der Waals surface area contributed by atoms with Crippen LogP contribution < -0.4 is 14.2 Å². The monoisotopic (exact) mass is 467 g/mol. The van der Waals surface area contributed by atoms with Crippen LogP contribution in [-0.2, 0) is 6.42 Å². The molecular formula is C18H18IN3O4. The van der Waals surface area contributed by atoms with Gasteiger partial charge < -0.3 is 14.2 Å². The van der Waals surface area contributed by atoms with Crippen LogP contribution in [-0.4, -0.2) is 42.2 Å². The molecule has 0 aliphatic carbocycles. The molecule has 3 rings (SSSR count). The Morgan fingerprint density at radius 2 is 1.85 bits per heavy atom. The van der Waals surface area contributed by atoms with Crippen LogP contribution in [0.2, 0.25) is 0 Å². The molecule has 0 saturated carbocycles. The van der Waals surface area contributed by atoms with Crippen molar-refractivity contribution in [1.82, 2.24) is 15.0 Å². The average Bonchev–Trinajstić information content (AvgIpc) is 3.10. The SMILES string of the molecule is COc1cc(CCC(=O)n2nnc3ccccc32)c(I)c(OC)c1OC. The molecule has 0 aliphatic heterocycles.